The Labute approximate surface area is 166 Å². The van der Waals surface area contributed by atoms with Crippen LogP contribution in [-0.2, 0) is 12.2 Å². The Hall–Kier alpha value is -2.93. The number of thioether (sulfide) groups is 1. The minimum Gasteiger partial charge on any atom is -0.424 e. The van der Waals surface area contributed by atoms with Gasteiger partial charge in [-0.3, -0.25) is 9.36 Å². The molecule has 2 aromatic carbocycles. The lowest BCUT2D eigenvalue weighted by atomic mass is 10.1. The van der Waals surface area contributed by atoms with Crippen LogP contribution in [0.2, 0.25) is 0 Å². The highest BCUT2D eigenvalue weighted by Gasteiger charge is 2.17. The molecule has 0 saturated heterocycles. The normalized spacial score (nSPS) is 11.2. The molecule has 0 aliphatic carbocycles. The average Bonchev–Trinajstić information content (AvgIpc) is 3.16. The first-order valence-corrected chi connectivity index (χ1v) is 10.1. The van der Waals surface area contributed by atoms with Gasteiger partial charge < -0.3 is 4.42 Å². The van der Waals surface area contributed by atoms with Gasteiger partial charge in [-0.15, -0.1) is 10.2 Å². The molecule has 4 rings (SSSR count). The predicted octanol–water partition coefficient (Wildman–Crippen LogP) is 4.24. The molecule has 0 aliphatic rings. The van der Waals surface area contributed by atoms with Crippen LogP contribution >= 0.6 is 11.8 Å². The van der Waals surface area contributed by atoms with Crippen LogP contribution in [0.5, 0.6) is 0 Å². The fourth-order valence-corrected chi connectivity index (χ4v) is 4.02. The molecule has 0 fully saturated rings. The van der Waals surface area contributed by atoms with E-state index in [9.17, 15) is 4.79 Å². The second-order valence-corrected chi connectivity index (χ2v) is 7.47. The van der Waals surface area contributed by atoms with E-state index in [0.29, 0.717) is 40.0 Å². The van der Waals surface area contributed by atoms with Crippen molar-refractivity contribution in [3.8, 4) is 5.69 Å². The van der Waals surface area contributed by atoms with Gasteiger partial charge in [0.15, 0.2) is 5.16 Å². The molecule has 28 heavy (non-hydrogen) atoms. The molecule has 0 unspecified atom stereocenters. The second kappa shape index (κ2) is 7.59. The molecular weight excluding hydrogens is 372 g/mol. The van der Waals surface area contributed by atoms with Crippen LogP contribution in [0.3, 0.4) is 0 Å². The minimum atomic E-state index is -0.0784. The first kappa shape index (κ1) is 18.4. The third-order valence-electron chi connectivity index (χ3n) is 4.54. The summed E-state index contributed by atoms with van der Waals surface area (Å²) in [5.41, 5.74) is 3.51. The van der Waals surface area contributed by atoms with Crippen molar-refractivity contribution in [2.24, 2.45) is 0 Å². The maximum absolute atomic E-state index is 13.4. The summed E-state index contributed by atoms with van der Waals surface area (Å²) >= 11 is 1.42. The molecule has 0 aliphatic heterocycles. The summed E-state index contributed by atoms with van der Waals surface area (Å²) in [5.74, 6) is 1.58. The van der Waals surface area contributed by atoms with Crippen LogP contribution in [0.1, 0.15) is 29.8 Å². The smallest absolute Gasteiger partial charge is 0.266 e. The highest BCUT2D eigenvalue weighted by Crippen LogP contribution is 2.27. The van der Waals surface area contributed by atoms with Crippen molar-refractivity contribution in [2.45, 2.75) is 38.1 Å². The van der Waals surface area contributed by atoms with E-state index in [1.165, 1.54) is 11.8 Å². The molecule has 0 amide bonds. The number of fused-ring (bicyclic) bond motifs is 1. The molecule has 2 heterocycles. The fourth-order valence-electron chi connectivity index (χ4n) is 3.18. The van der Waals surface area contributed by atoms with Crippen molar-refractivity contribution in [2.75, 3.05) is 0 Å². The molecular formula is C21H20N4O2S. The van der Waals surface area contributed by atoms with Gasteiger partial charge in [0.1, 0.15) is 0 Å². The number of aromatic nitrogens is 4. The van der Waals surface area contributed by atoms with Gasteiger partial charge in [-0.2, -0.15) is 0 Å². The third kappa shape index (κ3) is 3.33. The number of hydrogen-bond acceptors (Lipinski definition) is 6. The van der Waals surface area contributed by atoms with Crippen molar-refractivity contribution in [1.82, 2.24) is 19.7 Å². The van der Waals surface area contributed by atoms with Gasteiger partial charge in [0, 0.05) is 6.42 Å². The Kier molecular flexibility index (Phi) is 5.00. The zero-order valence-corrected chi connectivity index (χ0v) is 16.8. The van der Waals surface area contributed by atoms with Gasteiger partial charge in [-0.05, 0) is 37.1 Å². The van der Waals surface area contributed by atoms with E-state index in [1.807, 2.05) is 63.2 Å². The second-order valence-electron chi connectivity index (χ2n) is 6.52. The van der Waals surface area contributed by atoms with Crippen molar-refractivity contribution < 1.29 is 4.42 Å². The van der Waals surface area contributed by atoms with E-state index in [-0.39, 0.29) is 5.56 Å². The highest BCUT2D eigenvalue weighted by molar-refractivity contribution is 7.98. The predicted molar refractivity (Wildman–Crippen MR) is 110 cm³/mol. The molecule has 0 saturated carbocycles. The number of benzene rings is 2. The van der Waals surface area contributed by atoms with Gasteiger partial charge in [0.25, 0.3) is 5.56 Å². The van der Waals surface area contributed by atoms with Crippen LogP contribution in [0.4, 0.5) is 0 Å². The number of aryl methyl sites for hydroxylation is 3. The Morgan fingerprint density at radius 1 is 1.00 bits per heavy atom. The molecule has 2 aromatic heterocycles. The first-order valence-electron chi connectivity index (χ1n) is 9.11. The van der Waals surface area contributed by atoms with E-state index in [2.05, 4.69) is 10.2 Å². The van der Waals surface area contributed by atoms with Gasteiger partial charge >= 0.3 is 0 Å². The lowest BCUT2D eigenvalue weighted by Gasteiger charge is -2.16. The summed E-state index contributed by atoms with van der Waals surface area (Å²) in [6.07, 6.45) is 0.693. The summed E-state index contributed by atoms with van der Waals surface area (Å²) < 4.78 is 7.31. The summed E-state index contributed by atoms with van der Waals surface area (Å²) in [4.78, 5) is 18.1. The van der Waals surface area contributed by atoms with Crippen LogP contribution in [0.15, 0.2) is 56.8 Å². The number of para-hydroxylation sites is 2. The van der Waals surface area contributed by atoms with Crippen LogP contribution in [0, 0.1) is 13.8 Å². The lowest BCUT2D eigenvalue weighted by molar-refractivity contribution is 0.469. The molecule has 7 heteroatoms. The topological polar surface area (TPSA) is 73.8 Å². The molecule has 0 N–H and O–H groups in total. The van der Waals surface area contributed by atoms with Crippen LogP contribution in [-0.4, -0.2) is 19.7 Å². The third-order valence-corrected chi connectivity index (χ3v) is 5.47. The van der Waals surface area contributed by atoms with E-state index in [0.717, 1.165) is 16.8 Å². The van der Waals surface area contributed by atoms with Gasteiger partial charge in [0.2, 0.25) is 11.8 Å². The zero-order valence-electron chi connectivity index (χ0n) is 16.0. The first-order chi connectivity index (χ1) is 13.6. The van der Waals surface area contributed by atoms with E-state index in [1.54, 1.807) is 4.57 Å². The molecule has 0 radical (unpaired) electrons. The van der Waals surface area contributed by atoms with Crippen molar-refractivity contribution in [3.63, 3.8) is 0 Å². The average molecular weight is 392 g/mol. The number of hydrogen-bond donors (Lipinski definition) is 0. The summed E-state index contributed by atoms with van der Waals surface area (Å²) in [6, 6.07) is 13.4. The van der Waals surface area contributed by atoms with Gasteiger partial charge in [-0.25, -0.2) is 4.98 Å². The Bertz CT molecular complexity index is 1190. The Balaban J connectivity index is 1.87. The maximum atomic E-state index is 13.4. The van der Waals surface area contributed by atoms with Gasteiger partial charge in [-0.1, -0.05) is 49.0 Å². The molecule has 6 nitrogen and oxygen atoms in total. The molecule has 0 atom stereocenters. The summed E-state index contributed by atoms with van der Waals surface area (Å²) in [7, 11) is 0. The van der Waals surface area contributed by atoms with Crippen molar-refractivity contribution in [1.29, 1.82) is 0 Å². The van der Waals surface area contributed by atoms with Crippen LogP contribution < -0.4 is 5.56 Å². The largest absolute Gasteiger partial charge is 0.424 e. The quantitative estimate of drug-likeness (QED) is 0.374. The summed E-state index contributed by atoms with van der Waals surface area (Å²) in [5, 5.41) is 9.28. The van der Waals surface area contributed by atoms with E-state index >= 15 is 0 Å². The molecule has 142 valence electrons. The molecule has 0 bridgehead atoms. The lowest BCUT2D eigenvalue weighted by Crippen LogP contribution is -2.23. The van der Waals surface area contributed by atoms with E-state index < -0.39 is 0 Å². The zero-order chi connectivity index (χ0) is 19.7. The monoisotopic (exact) mass is 392 g/mol. The Morgan fingerprint density at radius 3 is 2.43 bits per heavy atom. The van der Waals surface area contributed by atoms with E-state index in [4.69, 9.17) is 9.40 Å². The van der Waals surface area contributed by atoms with Crippen molar-refractivity contribution >= 4 is 22.7 Å². The molecule has 4 aromatic rings. The maximum Gasteiger partial charge on any atom is 0.266 e. The standard InChI is InChI=1S/C21H20N4O2S/c1-4-17-23-24-18(27-17)12-28-21-22-16-11-6-5-10-15(16)20(26)25(21)19-13(2)8-7-9-14(19)3/h5-11H,4,12H2,1-3H3. The minimum absolute atomic E-state index is 0.0784. The van der Waals surface area contributed by atoms with Gasteiger partial charge in [0.05, 0.1) is 22.3 Å². The van der Waals surface area contributed by atoms with Crippen molar-refractivity contribution in [3.05, 3.63) is 75.7 Å². The number of rotatable bonds is 5. The van der Waals surface area contributed by atoms with Crippen LogP contribution in [0.25, 0.3) is 16.6 Å². The molecule has 0 spiro atoms. The SMILES string of the molecule is CCc1nnc(CSc2nc3ccccc3c(=O)n2-c2c(C)cccc2C)o1. The Morgan fingerprint density at radius 2 is 1.71 bits per heavy atom. The fraction of sp³-hybridized carbons (Fsp3) is 0.238. The highest BCUT2D eigenvalue weighted by atomic mass is 32.2. The summed E-state index contributed by atoms with van der Waals surface area (Å²) in [6.45, 7) is 5.97. The number of nitrogens with zero attached hydrogens (tertiary/aromatic N) is 4.